The summed E-state index contributed by atoms with van der Waals surface area (Å²) in [7, 11) is 0. The average Bonchev–Trinajstić information content (AvgIpc) is 2.70. The molecule has 2 heterocycles. The number of nitrogens with zero attached hydrogens (tertiary/aromatic N) is 3. The van der Waals surface area contributed by atoms with Gasteiger partial charge in [-0.2, -0.15) is 5.10 Å². The van der Waals surface area contributed by atoms with E-state index in [9.17, 15) is 0 Å². The van der Waals surface area contributed by atoms with Crippen LogP contribution in [0.3, 0.4) is 0 Å². The lowest BCUT2D eigenvalue weighted by molar-refractivity contribution is 0.150. The second kappa shape index (κ2) is 5.07. The Hall–Kier alpha value is -1.42. The Morgan fingerprint density at radius 2 is 2.25 bits per heavy atom. The zero-order chi connectivity index (χ0) is 11.4. The van der Waals surface area contributed by atoms with Crippen LogP contribution < -0.4 is 0 Å². The van der Waals surface area contributed by atoms with Crippen molar-refractivity contribution in [2.24, 2.45) is 0 Å². The van der Waals surface area contributed by atoms with Gasteiger partial charge in [0, 0.05) is 13.0 Å². The first-order chi connectivity index (χ1) is 7.83. The van der Waals surface area contributed by atoms with E-state index in [2.05, 4.69) is 23.1 Å². The Kier molecular flexibility index (Phi) is 3.51. The maximum atomic E-state index is 5.31. The van der Waals surface area contributed by atoms with Crippen molar-refractivity contribution >= 4 is 5.65 Å². The van der Waals surface area contributed by atoms with Crippen LogP contribution in [0.5, 0.6) is 0 Å². The first kappa shape index (κ1) is 11.1. The van der Waals surface area contributed by atoms with E-state index in [0.29, 0.717) is 0 Å². The molecule has 0 amide bonds. The number of imidazole rings is 1. The molecule has 16 heavy (non-hydrogen) atoms. The summed E-state index contributed by atoms with van der Waals surface area (Å²) in [4.78, 5) is 4.51. The third kappa shape index (κ3) is 2.39. The summed E-state index contributed by atoms with van der Waals surface area (Å²) in [5.74, 6) is 0. The fraction of sp³-hybridized carbons (Fsp3) is 0.500. The molecule has 0 saturated heterocycles. The van der Waals surface area contributed by atoms with E-state index in [0.717, 1.165) is 37.4 Å². The monoisotopic (exact) mass is 219 g/mol. The number of fused-ring (bicyclic) bond motifs is 1. The Morgan fingerprint density at radius 1 is 1.38 bits per heavy atom. The summed E-state index contributed by atoms with van der Waals surface area (Å²) in [6.45, 7) is 5.60. The fourth-order valence-electron chi connectivity index (χ4n) is 1.60. The van der Waals surface area contributed by atoms with Crippen LogP contribution in [0.25, 0.3) is 5.65 Å². The maximum Gasteiger partial charge on any atom is 0.154 e. The standard InChI is InChI=1S/C12H17N3O/c1-3-10-7-12-14-11(5-6-16-4-2)9-15(12)13-8-10/h7-9H,3-6H2,1-2H3. The Balaban J connectivity index is 2.16. The molecule has 2 rings (SSSR count). The van der Waals surface area contributed by atoms with Crippen LogP contribution in [0.4, 0.5) is 0 Å². The van der Waals surface area contributed by atoms with Crippen molar-refractivity contribution in [3.63, 3.8) is 0 Å². The molecule has 0 aliphatic heterocycles. The average molecular weight is 219 g/mol. The van der Waals surface area contributed by atoms with E-state index < -0.39 is 0 Å². The largest absolute Gasteiger partial charge is 0.381 e. The summed E-state index contributed by atoms with van der Waals surface area (Å²) >= 11 is 0. The molecule has 0 atom stereocenters. The number of aryl methyl sites for hydroxylation is 1. The predicted octanol–water partition coefficient (Wildman–Crippen LogP) is 1.87. The highest BCUT2D eigenvalue weighted by molar-refractivity contribution is 5.40. The van der Waals surface area contributed by atoms with Crippen molar-refractivity contribution < 1.29 is 4.74 Å². The summed E-state index contributed by atoms with van der Waals surface area (Å²) < 4.78 is 7.13. The molecule has 2 aromatic heterocycles. The Labute approximate surface area is 95.3 Å². The van der Waals surface area contributed by atoms with Gasteiger partial charge >= 0.3 is 0 Å². The molecular formula is C12H17N3O. The smallest absolute Gasteiger partial charge is 0.154 e. The number of hydrogen-bond acceptors (Lipinski definition) is 3. The molecule has 0 spiro atoms. The van der Waals surface area contributed by atoms with Gasteiger partial charge in [-0.1, -0.05) is 6.92 Å². The maximum absolute atomic E-state index is 5.31. The van der Waals surface area contributed by atoms with Gasteiger partial charge in [0.05, 0.1) is 24.7 Å². The van der Waals surface area contributed by atoms with Gasteiger partial charge in [-0.15, -0.1) is 0 Å². The van der Waals surface area contributed by atoms with Gasteiger partial charge in [0.1, 0.15) is 0 Å². The van der Waals surface area contributed by atoms with E-state index in [-0.39, 0.29) is 0 Å². The van der Waals surface area contributed by atoms with E-state index in [1.165, 1.54) is 5.56 Å². The molecule has 0 saturated carbocycles. The van der Waals surface area contributed by atoms with E-state index in [1.807, 2.05) is 23.8 Å². The molecule has 4 nitrogen and oxygen atoms in total. The first-order valence-corrected chi connectivity index (χ1v) is 5.74. The van der Waals surface area contributed by atoms with Crippen LogP contribution in [0, 0.1) is 0 Å². The molecular weight excluding hydrogens is 202 g/mol. The van der Waals surface area contributed by atoms with Crippen LogP contribution in [-0.4, -0.2) is 27.8 Å². The topological polar surface area (TPSA) is 39.4 Å². The number of hydrogen-bond donors (Lipinski definition) is 0. The minimum atomic E-state index is 0.723. The number of aromatic nitrogens is 3. The Morgan fingerprint density at radius 3 is 3.00 bits per heavy atom. The highest BCUT2D eigenvalue weighted by Gasteiger charge is 2.02. The zero-order valence-corrected chi connectivity index (χ0v) is 9.81. The second-order valence-corrected chi connectivity index (χ2v) is 3.70. The van der Waals surface area contributed by atoms with Crippen molar-refractivity contribution in [3.05, 3.63) is 29.7 Å². The van der Waals surface area contributed by atoms with E-state index in [1.54, 1.807) is 0 Å². The van der Waals surface area contributed by atoms with Gasteiger partial charge in [0.2, 0.25) is 0 Å². The lowest BCUT2D eigenvalue weighted by Gasteiger charge is -1.96. The minimum absolute atomic E-state index is 0.723. The van der Waals surface area contributed by atoms with Crippen molar-refractivity contribution in [2.45, 2.75) is 26.7 Å². The molecule has 0 unspecified atom stereocenters. The van der Waals surface area contributed by atoms with Crippen LogP contribution >= 0.6 is 0 Å². The van der Waals surface area contributed by atoms with Crippen molar-refractivity contribution in [2.75, 3.05) is 13.2 Å². The molecule has 0 aliphatic carbocycles. The van der Waals surface area contributed by atoms with Gasteiger partial charge in [-0.3, -0.25) is 0 Å². The summed E-state index contributed by atoms with van der Waals surface area (Å²) in [5.41, 5.74) is 3.18. The molecule has 0 radical (unpaired) electrons. The summed E-state index contributed by atoms with van der Waals surface area (Å²) in [5, 5.41) is 4.31. The Bertz CT molecular complexity index is 464. The number of ether oxygens (including phenoxy) is 1. The quantitative estimate of drug-likeness (QED) is 0.721. The third-order valence-corrected chi connectivity index (χ3v) is 2.54. The molecule has 0 N–H and O–H groups in total. The SMILES string of the molecule is CCOCCc1cn2ncc(CC)cc2n1. The second-order valence-electron chi connectivity index (χ2n) is 3.70. The highest BCUT2D eigenvalue weighted by Crippen LogP contribution is 2.07. The molecule has 4 heteroatoms. The van der Waals surface area contributed by atoms with E-state index in [4.69, 9.17) is 4.74 Å². The highest BCUT2D eigenvalue weighted by atomic mass is 16.5. The normalized spacial score (nSPS) is 11.1. The lowest BCUT2D eigenvalue weighted by atomic mass is 10.2. The zero-order valence-electron chi connectivity index (χ0n) is 9.81. The molecule has 0 aliphatic rings. The van der Waals surface area contributed by atoms with Crippen molar-refractivity contribution in [1.82, 2.24) is 14.6 Å². The lowest BCUT2D eigenvalue weighted by Crippen LogP contribution is -1.97. The van der Waals surface area contributed by atoms with Crippen LogP contribution in [0.15, 0.2) is 18.5 Å². The van der Waals surface area contributed by atoms with Gasteiger partial charge in [0.15, 0.2) is 5.65 Å². The van der Waals surface area contributed by atoms with E-state index >= 15 is 0 Å². The minimum Gasteiger partial charge on any atom is -0.381 e. The van der Waals surface area contributed by atoms with Gasteiger partial charge < -0.3 is 4.74 Å². The van der Waals surface area contributed by atoms with Crippen LogP contribution in [-0.2, 0) is 17.6 Å². The molecule has 0 fully saturated rings. The van der Waals surface area contributed by atoms with Crippen molar-refractivity contribution in [1.29, 1.82) is 0 Å². The van der Waals surface area contributed by atoms with Gasteiger partial charge in [-0.05, 0) is 25.0 Å². The van der Waals surface area contributed by atoms with Crippen LogP contribution in [0.1, 0.15) is 25.1 Å². The molecule has 0 bridgehead atoms. The van der Waals surface area contributed by atoms with Gasteiger partial charge in [-0.25, -0.2) is 9.50 Å². The molecule has 86 valence electrons. The number of rotatable bonds is 5. The summed E-state index contributed by atoms with van der Waals surface area (Å²) in [6.07, 6.45) is 5.69. The predicted molar refractivity (Wildman–Crippen MR) is 62.6 cm³/mol. The molecule has 0 aromatic carbocycles. The van der Waals surface area contributed by atoms with Crippen molar-refractivity contribution in [3.8, 4) is 0 Å². The third-order valence-electron chi connectivity index (χ3n) is 2.54. The molecule has 2 aromatic rings. The van der Waals surface area contributed by atoms with Gasteiger partial charge in [0.25, 0.3) is 0 Å². The van der Waals surface area contributed by atoms with Crippen LogP contribution in [0.2, 0.25) is 0 Å². The fourth-order valence-corrected chi connectivity index (χ4v) is 1.60. The first-order valence-electron chi connectivity index (χ1n) is 5.74. The summed E-state index contributed by atoms with van der Waals surface area (Å²) in [6, 6.07) is 2.08.